The molecule has 2 aliphatic heterocycles. The van der Waals surface area contributed by atoms with Crippen LogP contribution in [0.3, 0.4) is 0 Å². The second kappa shape index (κ2) is 7.70. The summed E-state index contributed by atoms with van der Waals surface area (Å²) in [6.07, 6.45) is 4.47. The lowest BCUT2D eigenvalue weighted by atomic mass is 9.69. The van der Waals surface area contributed by atoms with Crippen molar-refractivity contribution in [2.45, 2.75) is 49.4 Å². The number of halogens is 2. The Kier molecular flexibility index (Phi) is 5.17. The summed E-state index contributed by atoms with van der Waals surface area (Å²) >= 11 is 0. The summed E-state index contributed by atoms with van der Waals surface area (Å²) in [5, 5.41) is 3.18. The number of aromatic nitrogens is 2. The van der Waals surface area contributed by atoms with Gasteiger partial charge in [-0.3, -0.25) is 9.80 Å². The molecule has 0 unspecified atom stereocenters. The van der Waals surface area contributed by atoms with Crippen molar-refractivity contribution in [2.24, 2.45) is 0 Å². The molecule has 2 aromatic rings. The molecule has 1 N–H and O–H groups in total. The van der Waals surface area contributed by atoms with E-state index in [4.69, 9.17) is 4.74 Å². The Bertz CT molecular complexity index is 1080. The van der Waals surface area contributed by atoms with Crippen LogP contribution in [-0.2, 0) is 15.9 Å². The maximum Gasteiger partial charge on any atom is 0.323 e. The Labute approximate surface area is 192 Å². The highest BCUT2D eigenvalue weighted by atomic mass is 19.1. The number of nitrogens with one attached hydrogen (secondary N) is 1. The summed E-state index contributed by atoms with van der Waals surface area (Å²) in [6, 6.07) is 6.59. The zero-order valence-electron chi connectivity index (χ0n) is 19.2. The highest BCUT2D eigenvalue weighted by Crippen LogP contribution is 2.46. The highest BCUT2D eigenvalue weighted by molar-refractivity contribution is 5.94. The Morgan fingerprint density at radius 3 is 2.48 bits per heavy atom. The van der Waals surface area contributed by atoms with Gasteiger partial charge < -0.3 is 10.1 Å². The topological polar surface area (TPSA) is 70.6 Å². The predicted molar refractivity (Wildman–Crippen MR) is 119 cm³/mol. The molecule has 5 rings (SSSR count). The molecule has 9 heteroatoms. The number of ether oxygens (including phenoxy) is 1. The van der Waals surface area contributed by atoms with Crippen molar-refractivity contribution in [3.05, 3.63) is 53.2 Å². The third kappa shape index (κ3) is 3.58. The lowest BCUT2D eigenvalue weighted by molar-refractivity contribution is -0.137. The summed E-state index contributed by atoms with van der Waals surface area (Å²) in [7, 11) is 4.04. The molecule has 2 amide bonds. The molecule has 1 aliphatic carbocycles. The molecule has 0 bridgehead atoms. The quantitative estimate of drug-likeness (QED) is 0.762. The third-order valence-electron chi connectivity index (χ3n) is 7.63. The minimum absolute atomic E-state index is 0.0211. The summed E-state index contributed by atoms with van der Waals surface area (Å²) in [5.41, 5.74) is -0.556. The zero-order valence-corrected chi connectivity index (χ0v) is 19.2. The predicted octanol–water partition coefficient (Wildman–Crippen LogP) is 3.42. The average molecular weight is 458 g/mol. The van der Waals surface area contributed by atoms with Crippen LogP contribution in [0.15, 0.2) is 30.5 Å². The van der Waals surface area contributed by atoms with Gasteiger partial charge in [-0.25, -0.2) is 23.5 Å². The molecule has 1 saturated carbocycles. The van der Waals surface area contributed by atoms with E-state index in [1.54, 1.807) is 24.0 Å². The van der Waals surface area contributed by atoms with Crippen LogP contribution in [0.4, 0.5) is 19.4 Å². The normalized spacial score (nSPS) is 28.8. The van der Waals surface area contributed by atoms with Crippen LogP contribution in [0.25, 0.3) is 0 Å². The average Bonchev–Trinajstić information content (AvgIpc) is 3.08. The number of urea groups is 1. The van der Waals surface area contributed by atoms with Crippen molar-refractivity contribution in [3.63, 3.8) is 0 Å². The Balaban J connectivity index is 1.36. The first-order chi connectivity index (χ1) is 15.7. The van der Waals surface area contributed by atoms with Crippen molar-refractivity contribution in [1.82, 2.24) is 20.2 Å². The first-order valence-corrected chi connectivity index (χ1v) is 11.3. The van der Waals surface area contributed by atoms with E-state index < -0.39 is 5.67 Å². The minimum atomic E-state index is -1.60. The van der Waals surface area contributed by atoms with Gasteiger partial charge in [0, 0.05) is 5.54 Å². The summed E-state index contributed by atoms with van der Waals surface area (Å²) in [4.78, 5) is 25.5. The molecule has 3 aliphatic rings. The molecule has 0 atom stereocenters. The number of carbonyl (C=O) groups is 1. The smallest absolute Gasteiger partial charge is 0.323 e. The standard InChI is InChI=1S/C24H29F2N5O2/c1-16-20(27-12-19(28-16)23(26)14-33-15-23)31-13-22(29-21(31)32)7-9-24(10-8-22,30(2)3)17-5-4-6-18(25)11-17/h4-6,11-12H,7-10,13-15H2,1-3H3,(H,29,32). The van der Waals surface area contributed by atoms with E-state index in [1.165, 1.54) is 12.3 Å². The number of rotatable bonds is 4. The molecular weight excluding hydrogens is 428 g/mol. The van der Waals surface area contributed by atoms with E-state index in [2.05, 4.69) is 20.2 Å². The van der Waals surface area contributed by atoms with Crippen LogP contribution >= 0.6 is 0 Å². The number of amides is 2. The van der Waals surface area contributed by atoms with E-state index >= 15 is 0 Å². The molecule has 0 radical (unpaired) electrons. The lowest BCUT2D eigenvalue weighted by Crippen LogP contribution is -2.54. The van der Waals surface area contributed by atoms with Gasteiger partial charge in [0.1, 0.15) is 11.5 Å². The summed E-state index contributed by atoms with van der Waals surface area (Å²) in [6.45, 7) is 2.17. The maximum absolute atomic E-state index is 14.6. The fourth-order valence-electron chi connectivity index (χ4n) is 5.46. The number of alkyl halides is 1. The monoisotopic (exact) mass is 457 g/mol. The number of benzene rings is 1. The van der Waals surface area contributed by atoms with Gasteiger partial charge in [0.25, 0.3) is 0 Å². The number of hydrogen-bond acceptors (Lipinski definition) is 5. The Morgan fingerprint density at radius 1 is 1.18 bits per heavy atom. The van der Waals surface area contributed by atoms with Gasteiger partial charge in [-0.2, -0.15) is 0 Å². The Morgan fingerprint density at radius 2 is 1.91 bits per heavy atom. The number of nitrogens with zero attached hydrogens (tertiary/aromatic N) is 4. The van der Waals surface area contributed by atoms with Crippen LogP contribution in [0, 0.1) is 12.7 Å². The van der Waals surface area contributed by atoms with Gasteiger partial charge in [0.05, 0.1) is 37.2 Å². The van der Waals surface area contributed by atoms with E-state index in [0.717, 1.165) is 31.2 Å². The van der Waals surface area contributed by atoms with Gasteiger partial charge in [-0.15, -0.1) is 0 Å². The first-order valence-electron chi connectivity index (χ1n) is 11.3. The number of hydrogen-bond donors (Lipinski definition) is 1. The zero-order chi connectivity index (χ0) is 23.4. The van der Waals surface area contributed by atoms with Crippen LogP contribution in [-0.4, -0.2) is 60.3 Å². The second-order valence-electron chi connectivity index (χ2n) is 9.86. The molecule has 3 heterocycles. The van der Waals surface area contributed by atoms with Gasteiger partial charge >= 0.3 is 6.03 Å². The van der Waals surface area contributed by atoms with Crippen molar-refractivity contribution < 1.29 is 18.3 Å². The summed E-state index contributed by atoms with van der Waals surface area (Å²) < 4.78 is 33.6. The fourth-order valence-corrected chi connectivity index (χ4v) is 5.46. The van der Waals surface area contributed by atoms with E-state index in [1.807, 2.05) is 20.2 Å². The van der Waals surface area contributed by atoms with Gasteiger partial charge in [0.15, 0.2) is 11.5 Å². The van der Waals surface area contributed by atoms with Gasteiger partial charge in [-0.05, 0) is 64.4 Å². The first kappa shape index (κ1) is 22.2. The largest absolute Gasteiger partial charge is 0.374 e. The maximum atomic E-state index is 14.6. The Hall–Kier alpha value is -2.65. The van der Waals surface area contributed by atoms with E-state index in [0.29, 0.717) is 18.1 Å². The molecule has 1 aromatic carbocycles. The number of aryl methyl sites for hydroxylation is 1. The lowest BCUT2D eigenvalue weighted by Gasteiger charge is -2.48. The molecule has 2 saturated heterocycles. The molecule has 176 valence electrons. The van der Waals surface area contributed by atoms with Crippen LogP contribution in [0.5, 0.6) is 0 Å². The molecule has 1 spiro atoms. The van der Waals surface area contributed by atoms with Gasteiger partial charge in [0.2, 0.25) is 0 Å². The van der Waals surface area contributed by atoms with E-state index in [-0.39, 0.29) is 41.8 Å². The molecule has 1 aromatic heterocycles. The molecule has 7 nitrogen and oxygen atoms in total. The second-order valence-corrected chi connectivity index (χ2v) is 9.86. The SMILES string of the molecule is Cc1nc(C2(F)COC2)cnc1N1CC2(CCC(c3cccc(F)c3)(N(C)C)CC2)NC1=O. The van der Waals surface area contributed by atoms with Crippen LogP contribution in [0.1, 0.15) is 42.6 Å². The van der Waals surface area contributed by atoms with Crippen molar-refractivity contribution >= 4 is 11.8 Å². The minimum Gasteiger partial charge on any atom is -0.374 e. The van der Waals surface area contributed by atoms with Crippen molar-refractivity contribution in [2.75, 3.05) is 38.8 Å². The highest BCUT2D eigenvalue weighted by Gasteiger charge is 2.51. The van der Waals surface area contributed by atoms with Crippen molar-refractivity contribution in [3.8, 4) is 0 Å². The van der Waals surface area contributed by atoms with Gasteiger partial charge in [-0.1, -0.05) is 12.1 Å². The van der Waals surface area contributed by atoms with Crippen LogP contribution < -0.4 is 10.2 Å². The summed E-state index contributed by atoms with van der Waals surface area (Å²) in [5.74, 6) is 0.210. The van der Waals surface area contributed by atoms with E-state index in [9.17, 15) is 13.6 Å². The molecular formula is C24H29F2N5O2. The fraction of sp³-hybridized carbons (Fsp3) is 0.542. The third-order valence-corrected chi connectivity index (χ3v) is 7.63. The molecule has 33 heavy (non-hydrogen) atoms. The van der Waals surface area contributed by atoms with Crippen LogP contribution in [0.2, 0.25) is 0 Å². The molecule has 3 fully saturated rings. The number of anilines is 1. The number of carbonyl (C=O) groups excluding carboxylic acids is 1. The van der Waals surface area contributed by atoms with Crippen molar-refractivity contribution in [1.29, 1.82) is 0 Å².